The molecule has 0 N–H and O–H groups in total. The predicted octanol–water partition coefficient (Wildman–Crippen LogP) is 3.03. The summed E-state index contributed by atoms with van der Waals surface area (Å²) >= 11 is 0. The molecule has 1 aromatic carbocycles. The maximum absolute atomic E-state index is 5.53. The van der Waals surface area contributed by atoms with Crippen molar-refractivity contribution in [2.24, 2.45) is 0 Å². The van der Waals surface area contributed by atoms with Gasteiger partial charge in [-0.25, -0.2) is 4.98 Å². The fraction of sp³-hybridized carbons (Fsp3) is 0.353. The molecular weight excluding hydrogens is 266 g/mol. The van der Waals surface area contributed by atoms with Crippen LogP contribution in [0.2, 0.25) is 0 Å². The van der Waals surface area contributed by atoms with Crippen LogP contribution in [0.1, 0.15) is 18.4 Å². The summed E-state index contributed by atoms with van der Waals surface area (Å²) in [6, 6.07) is 7.78. The Labute approximate surface area is 125 Å². The van der Waals surface area contributed by atoms with E-state index in [-0.39, 0.29) is 0 Å². The van der Waals surface area contributed by atoms with Crippen molar-refractivity contribution < 1.29 is 14.2 Å². The monoisotopic (exact) mass is 285 g/mol. The number of ether oxygens (including phenoxy) is 3. The molecule has 2 aromatic rings. The Balaban J connectivity index is 2.44. The van der Waals surface area contributed by atoms with Crippen molar-refractivity contribution in [2.75, 3.05) is 27.9 Å². The number of para-hydroxylation sites is 1. The van der Waals surface area contributed by atoms with Gasteiger partial charge in [-0.05, 0) is 18.6 Å². The van der Waals surface area contributed by atoms with Gasteiger partial charge in [-0.2, -0.15) is 0 Å². The van der Waals surface area contributed by atoms with Crippen LogP contribution in [0.3, 0.4) is 0 Å². The molecule has 0 saturated heterocycles. The van der Waals surface area contributed by atoms with E-state index in [0.29, 0.717) is 23.8 Å². The fourth-order valence-corrected chi connectivity index (χ4v) is 2.09. The highest BCUT2D eigenvalue weighted by molar-refractivity contribution is 5.88. The summed E-state index contributed by atoms with van der Waals surface area (Å²) in [6.07, 6.45) is 1.65. The second-order valence-electron chi connectivity index (χ2n) is 4.44. The number of benzene rings is 1. The lowest BCUT2D eigenvalue weighted by Gasteiger charge is -2.11. The number of pyridine rings is 1. The zero-order chi connectivity index (χ0) is 15.1. The van der Waals surface area contributed by atoms with Crippen LogP contribution in [0.5, 0.6) is 11.6 Å². The topological polar surface area (TPSA) is 40.6 Å². The second kappa shape index (κ2) is 7.51. The van der Waals surface area contributed by atoms with E-state index in [1.165, 1.54) is 0 Å². The number of unbranched alkanes of at least 4 members (excludes halogenated alkanes) is 1. The lowest BCUT2D eigenvalue weighted by atomic mass is 10.1. The number of methoxy groups -OCH3 is 3. The van der Waals surface area contributed by atoms with E-state index in [1.807, 2.05) is 24.3 Å². The molecule has 0 saturated carbocycles. The average molecular weight is 285 g/mol. The molecule has 0 aliphatic rings. The minimum atomic E-state index is 0.491. The maximum atomic E-state index is 5.53. The van der Waals surface area contributed by atoms with Crippen LogP contribution >= 0.6 is 0 Å². The van der Waals surface area contributed by atoms with Gasteiger partial charge in [-0.15, -0.1) is 0 Å². The van der Waals surface area contributed by atoms with Gasteiger partial charge in [0.15, 0.2) is 0 Å². The van der Waals surface area contributed by atoms with Crippen LogP contribution in [0.15, 0.2) is 24.3 Å². The molecule has 0 amide bonds. The van der Waals surface area contributed by atoms with E-state index in [2.05, 4.69) is 16.8 Å². The summed E-state index contributed by atoms with van der Waals surface area (Å²) in [5.74, 6) is 7.43. The van der Waals surface area contributed by atoms with Gasteiger partial charge in [-0.3, -0.25) is 0 Å². The van der Waals surface area contributed by atoms with Crippen molar-refractivity contribution in [3.63, 3.8) is 0 Å². The van der Waals surface area contributed by atoms with Crippen molar-refractivity contribution in [3.8, 4) is 23.5 Å². The normalized spacial score (nSPS) is 10.0. The molecule has 0 fully saturated rings. The third-order valence-electron chi connectivity index (χ3n) is 3.07. The molecule has 0 aliphatic carbocycles. The van der Waals surface area contributed by atoms with E-state index < -0.39 is 0 Å². The Morgan fingerprint density at radius 1 is 1.10 bits per heavy atom. The lowest BCUT2D eigenvalue weighted by molar-refractivity contribution is 0.196. The summed E-state index contributed by atoms with van der Waals surface area (Å²) in [5.41, 5.74) is 1.52. The fourth-order valence-electron chi connectivity index (χ4n) is 2.09. The van der Waals surface area contributed by atoms with Gasteiger partial charge >= 0.3 is 0 Å². The summed E-state index contributed by atoms with van der Waals surface area (Å²) in [7, 11) is 4.91. The SMILES string of the molecule is COCCCC#Cc1c(OC)nc2ccccc2c1OC. The molecule has 21 heavy (non-hydrogen) atoms. The summed E-state index contributed by atoms with van der Waals surface area (Å²) in [5, 5.41) is 0.932. The van der Waals surface area contributed by atoms with Gasteiger partial charge < -0.3 is 14.2 Å². The van der Waals surface area contributed by atoms with Gasteiger partial charge in [0, 0.05) is 25.5 Å². The Morgan fingerprint density at radius 3 is 2.62 bits per heavy atom. The first-order chi connectivity index (χ1) is 10.3. The zero-order valence-corrected chi connectivity index (χ0v) is 12.6. The molecule has 1 aromatic heterocycles. The Bertz CT molecular complexity index is 671. The summed E-state index contributed by atoms with van der Waals surface area (Å²) in [6.45, 7) is 0.707. The van der Waals surface area contributed by atoms with Gasteiger partial charge in [0.2, 0.25) is 5.88 Å². The number of rotatable bonds is 5. The first-order valence-corrected chi connectivity index (χ1v) is 6.80. The third kappa shape index (κ3) is 3.45. The van der Waals surface area contributed by atoms with Crippen molar-refractivity contribution in [1.82, 2.24) is 4.98 Å². The van der Waals surface area contributed by atoms with E-state index in [9.17, 15) is 0 Å². The lowest BCUT2D eigenvalue weighted by Crippen LogP contribution is -1.98. The molecular formula is C17H19NO3. The number of fused-ring (bicyclic) bond motifs is 1. The minimum Gasteiger partial charge on any atom is -0.495 e. The van der Waals surface area contributed by atoms with Crippen molar-refractivity contribution in [1.29, 1.82) is 0 Å². The van der Waals surface area contributed by atoms with Crippen molar-refractivity contribution in [3.05, 3.63) is 29.8 Å². The average Bonchev–Trinajstić information content (AvgIpc) is 2.53. The highest BCUT2D eigenvalue weighted by Gasteiger charge is 2.14. The van der Waals surface area contributed by atoms with Crippen molar-refractivity contribution in [2.45, 2.75) is 12.8 Å². The predicted molar refractivity (Wildman–Crippen MR) is 82.8 cm³/mol. The summed E-state index contributed by atoms with van der Waals surface area (Å²) in [4.78, 5) is 4.49. The first-order valence-electron chi connectivity index (χ1n) is 6.80. The van der Waals surface area contributed by atoms with Crippen LogP contribution in [0.4, 0.5) is 0 Å². The van der Waals surface area contributed by atoms with Crippen LogP contribution < -0.4 is 9.47 Å². The molecule has 0 atom stereocenters. The van der Waals surface area contributed by atoms with Crippen LogP contribution in [0, 0.1) is 11.8 Å². The van der Waals surface area contributed by atoms with Crippen LogP contribution in [-0.4, -0.2) is 32.9 Å². The molecule has 0 spiro atoms. The third-order valence-corrected chi connectivity index (χ3v) is 3.07. The molecule has 0 unspecified atom stereocenters. The molecule has 4 nitrogen and oxygen atoms in total. The zero-order valence-electron chi connectivity index (χ0n) is 12.6. The smallest absolute Gasteiger partial charge is 0.233 e. The molecule has 110 valence electrons. The largest absolute Gasteiger partial charge is 0.495 e. The maximum Gasteiger partial charge on any atom is 0.233 e. The molecule has 1 heterocycles. The van der Waals surface area contributed by atoms with Gasteiger partial charge in [0.1, 0.15) is 11.3 Å². The molecule has 0 radical (unpaired) electrons. The molecule has 0 bridgehead atoms. The molecule has 2 rings (SSSR count). The van der Waals surface area contributed by atoms with E-state index >= 15 is 0 Å². The standard InChI is InChI=1S/C17H19NO3/c1-19-12-8-4-5-10-14-16(20-2)13-9-6-7-11-15(13)18-17(14)21-3/h6-7,9,11H,4,8,12H2,1-3H3. The van der Waals surface area contributed by atoms with E-state index in [1.54, 1.807) is 21.3 Å². The first kappa shape index (κ1) is 15.1. The summed E-state index contributed by atoms with van der Waals surface area (Å²) < 4.78 is 15.9. The van der Waals surface area contributed by atoms with Gasteiger partial charge in [-0.1, -0.05) is 24.0 Å². The number of nitrogens with zero attached hydrogens (tertiary/aromatic N) is 1. The van der Waals surface area contributed by atoms with Gasteiger partial charge in [0.25, 0.3) is 0 Å². The Hall–Kier alpha value is -2.25. The van der Waals surface area contributed by atoms with Gasteiger partial charge in [0.05, 0.1) is 19.7 Å². The highest BCUT2D eigenvalue weighted by Crippen LogP contribution is 2.33. The number of aromatic nitrogens is 1. The minimum absolute atomic E-state index is 0.491. The quantitative estimate of drug-likeness (QED) is 0.625. The molecule has 0 aliphatic heterocycles. The highest BCUT2D eigenvalue weighted by atomic mass is 16.5. The van der Waals surface area contributed by atoms with Crippen LogP contribution in [0.25, 0.3) is 10.9 Å². The van der Waals surface area contributed by atoms with Crippen molar-refractivity contribution >= 4 is 10.9 Å². The Morgan fingerprint density at radius 2 is 1.90 bits per heavy atom. The molecule has 4 heteroatoms. The second-order valence-corrected chi connectivity index (χ2v) is 4.44. The van der Waals surface area contributed by atoms with E-state index in [0.717, 1.165) is 23.7 Å². The Kier molecular flexibility index (Phi) is 5.42. The number of hydrogen-bond acceptors (Lipinski definition) is 4. The van der Waals surface area contributed by atoms with Crippen LogP contribution in [-0.2, 0) is 4.74 Å². The van der Waals surface area contributed by atoms with E-state index in [4.69, 9.17) is 14.2 Å². The number of hydrogen-bond donors (Lipinski definition) is 0.